The molecule has 108 valence electrons. The number of hydrogen-bond donors (Lipinski definition) is 1. The number of benzene rings is 1. The average Bonchev–Trinajstić information content (AvgIpc) is 3.08. The average molecular weight is 312 g/mol. The lowest BCUT2D eigenvalue weighted by Gasteiger charge is -2.14. The Morgan fingerprint density at radius 1 is 1.25 bits per heavy atom. The Hall–Kier alpha value is -1.09. The first-order valence-corrected chi connectivity index (χ1v) is 8.81. The Kier molecular flexibility index (Phi) is 3.97. The molecule has 1 N–H and O–H groups in total. The van der Waals surface area contributed by atoms with E-state index in [1.54, 1.807) is 18.2 Å². The van der Waals surface area contributed by atoms with E-state index in [0.717, 1.165) is 31.4 Å². The number of hydrogen-bond acceptors (Lipinski definition) is 6. The second kappa shape index (κ2) is 5.72. The van der Waals surface area contributed by atoms with Gasteiger partial charge < -0.3 is 4.90 Å². The normalized spacial score (nSPS) is 17.0. The highest BCUT2D eigenvalue weighted by molar-refractivity contribution is 7.89. The zero-order chi connectivity index (χ0) is 14.0. The van der Waals surface area contributed by atoms with Crippen LogP contribution in [0.5, 0.6) is 0 Å². The summed E-state index contributed by atoms with van der Waals surface area (Å²) in [5, 5.41) is 0. The van der Waals surface area contributed by atoms with Crippen molar-refractivity contribution in [1.82, 2.24) is 18.4 Å². The molecule has 0 radical (unpaired) electrons. The van der Waals surface area contributed by atoms with Gasteiger partial charge in [0.25, 0.3) is 0 Å². The summed E-state index contributed by atoms with van der Waals surface area (Å²) in [6, 6.07) is 5.03. The molecule has 0 saturated carbocycles. The van der Waals surface area contributed by atoms with E-state index >= 15 is 0 Å². The van der Waals surface area contributed by atoms with Gasteiger partial charge in [0.15, 0.2) is 0 Å². The number of nitrogens with zero attached hydrogens (tertiary/aromatic N) is 3. The zero-order valence-electron chi connectivity index (χ0n) is 10.9. The number of aromatic nitrogens is 2. The van der Waals surface area contributed by atoms with Crippen molar-refractivity contribution in [1.29, 1.82) is 0 Å². The summed E-state index contributed by atoms with van der Waals surface area (Å²) >= 11 is 1.03. The van der Waals surface area contributed by atoms with E-state index in [1.807, 2.05) is 0 Å². The molecule has 1 aliphatic rings. The van der Waals surface area contributed by atoms with Crippen LogP contribution in [-0.4, -0.2) is 48.2 Å². The molecule has 0 bridgehead atoms. The molecule has 20 heavy (non-hydrogen) atoms. The van der Waals surface area contributed by atoms with Crippen molar-refractivity contribution < 1.29 is 8.42 Å². The monoisotopic (exact) mass is 312 g/mol. The quantitative estimate of drug-likeness (QED) is 0.893. The molecule has 1 saturated heterocycles. The summed E-state index contributed by atoms with van der Waals surface area (Å²) in [5.41, 5.74) is 1.07. The van der Waals surface area contributed by atoms with Crippen molar-refractivity contribution in [2.45, 2.75) is 17.7 Å². The van der Waals surface area contributed by atoms with Gasteiger partial charge in [0.1, 0.15) is 15.9 Å². The lowest BCUT2D eigenvalue weighted by atomic mass is 10.3. The van der Waals surface area contributed by atoms with Crippen molar-refractivity contribution in [2.24, 2.45) is 0 Å². The number of likely N-dealkylation sites (tertiary alicyclic amines) is 1. The SMILES string of the molecule is O=S(=O)(NCCN1CCCC1)c1cccc2nsnc12. The van der Waals surface area contributed by atoms with Crippen LogP contribution in [0.15, 0.2) is 23.1 Å². The molecule has 1 fully saturated rings. The van der Waals surface area contributed by atoms with Gasteiger partial charge in [-0.3, -0.25) is 0 Å². The molecule has 2 heterocycles. The summed E-state index contributed by atoms with van der Waals surface area (Å²) in [5.74, 6) is 0. The molecule has 0 amide bonds. The number of nitrogens with one attached hydrogen (secondary N) is 1. The number of fused-ring (bicyclic) bond motifs is 1. The lowest BCUT2D eigenvalue weighted by molar-refractivity contribution is 0.344. The fraction of sp³-hybridized carbons (Fsp3) is 0.500. The molecule has 0 unspecified atom stereocenters. The topological polar surface area (TPSA) is 75.2 Å². The van der Waals surface area contributed by atoms with Crippen LogP contribution >= 0.6 is 11.7 Å². The zero-order valence-corrected chi connectivity index (χ0v) is 12.6. The van der Waals surface area contributed by atoms with Crippen molar-refractivity contribution in [2.75, 3.05) is 26.2 Å². The molecule has 0 aliphatic carbocycles. The van der Waals surface area contributed by atoms with E-state index < -0.39 is 10.0 Å². The molecule has 1 aliphatic heterocycles. The minimum atomic E-state index is -3.52. The van der Waals surface area contributed by atoms with Crippen LogP contribution < -0.4 is 4.72 Å². The van der Waals surface area contributed by atoms with Crippen LogP contribution in [-0.2, 0) is 10.0 Å². The first-order chi connectivity index (χ1) is 9.67. The van der Waals surface area contributed by atoms with Gasteiger partial charge in [-0.25, -0.2) is 13.1 Å². The van der Waals surface area contributed by atoms with Gasteiger partial charge in [0.05, 0.1) is 11.7 Å². The minimum absolute atomic E-state index is 0.213. The Labute approximate surface area is 122 Å². The fourth-order valence-electron chi connectivity index (χ4n) is 2.42. The molecule has 8 heteroatoms. The highest BCUT2D eigenvalue weighted by Crippen LogP contribution is 2.20. The van der Waals surface area contributed by atoms with Gasteiger partial charge >= 0.3 is 0 Å². The summed E-state index contributed by atoms with van der Waals surface area (Å²) in [6.45, 7) is 3.31. The Morgan fingerprint density at radius 2 is 2.05 bits per heavy atom. The molecule has 3 rings (SSSR count). The molecule has 1 aromatic heterocycles. The van der Waals surface area contributed by atoms with E-state index in [1.165, 1.54) is 12.8 Å². The van der Waals surface area contributed by atoms with E-state index in [2.05, 4.69) is 18.4 Å². The van der Waals surface area contributed by atoms with E-state index in [4.69, 9.17) is 0 Å². The van der Waals surface area contributed by atoms with Gasteiger partial charge in [-0.05, 0) is 38.1 Å². The molecular weight excluding hydrogens is 296 g/mol. The second-order valence-electron chi connectivity index (χ2n) is 4.83. The first kappa shape index (κ1) is 13.9. The molecule has 0 atom stereocenters. The summed E-state index contributed by atoms with van der Waals surface area (Å²) < 4.78 is 35.4. The fourth-order valence-corrected chi connectivity index (χ4v) is 4.21. The van der Waals surface area contributed by atoms with E-state index in [0.29, 0.717) is 17.6 Å². The summed E-state index contributed by atoms with van der Waals surface area (Å²) in [7, 11) is -3.52. The molecule has 2 aromatic rings. The first-order valence-electron chi connectivity index (χ1n) is 6.60. The number of rotatable bonds is 5. The molecular formula is C12H16N4O2S2. The Bertz CT molecular complexity index is 692. The molecule has 0 spiro atoms. The van der Waals surface area contributed by atoms with Crippen LogP contribution in [0.4, 0.5) is 0 Å². The lowest BCUT2D eigenvalue weighted by Crippen LogP contribution is -2.33. The molecule has 6 nitrogen and oxygen atoms in total. The third-order valence-electron chi connectivity index (χ3n) is 3.46. The summed E-state index contributed by atoms with van der Waals surface area (Å²) in [4.78, 5) is 2.48. The van der Waals surface area contributed by atoms with Gasteiger partial charge in [-0.2, -0.15) is 8.75 Å². The maximum absolute atomic E-state index is 12.3. The maximum Gasteiger partial charge on any atom is 0.242 e. The highest BCUT2D eigenvalue weighted by Gasteiger charge is 2.19. The third kappa shape index (κ3) is 2.83. The van der Waals surface area contributed by atoms with Gasteiger partial charge in [-0.1, -0.05) is 6.07 Å². The van der Waals surface area contributed by atoms with E-state index in [-0.39, 0.29) is 4.90 Å². The molecule has 1 aromatic carbocycles. The van der Waals surface area contributed by atoms with Crippen LogP contribution in [0.2, 0.25) is 0 Å². The standard InChI is InChI=1S/C12H16N4O2S2/c17-20(18,13-6-9-16-7-1-2-8-16)11-5-3-4-10-12(11)15-19-14-10/h3-5,13H,1-2,6-9H2. The van der Waals surface area contributed by atoms with Crippen LogP contribution in [0.25, 0.3) is 11.0 Å². The van der Waals surface area contributed by atoms with Crippen molar-refractivity contribution >= 4 is 32.8 Å². The smallest absolute Gasteiger partial charge is 0.242 e. The van der Waals surface area contributed by atoms with Crippen molar-refractivity contribution in [3.8, 4) is 0 Å². The second-order valence-corrected chi connectivity index (χ2v) is 7.10. The third-order valence-corrected chi connectivity index (χ3v) is 5.49. The van der Waals surface area contributed by atoms with Crippen LogP contribution in [0.1, 0.15) is 12.8 Å². The highest BCUT2D eigenvalue weighted by atomic mass is 32.2. The van der Waals surface area contributed by atoms with E-state index in [9.17, 15) is 8.42 Å². The maximum atomic E-state index is 12.3. The van der Waals surface area contributed by atoms with Gasteiger partial charge in [0.2, 0.25) is 10.0 Å². The summed E-state index contributed by atoms with van der Waals surface area (Å²) in [6.07, 6.45) is 2.41. The Balaban J connectivity index is 1.72. The largest absolute Gasteiger partial charge is 0.302 e. The number of sulfonamides is 1. The van der Waals surface area contributed by atoms with Gasteiger partial charge in [0, 0.05) is 13.1 Å². The Morgan fingerprint density at radius 3 is 2.85 bits per heavy atom. The van der Waals surface area contributed by atoms with Gasteiger partial charge in [-0.15, -0.1) is 0 Å². The van der Waals surface area contributed by atoms with Crippen LogP contribution in [0, 0.1) is 0 Å². The van der Waals surface area contributed by atoms with Crippen molar-refractivity contribution in [3.63, 3.8) is 0 Å². The predicted molar refractivity (Wildman–Crippen MR) is 78.3 cm³/mol. The van der Waals surface area contributed by atoms with Crippen molar-refractivity contribution in [3.05, 3.63) is 18.2 Å². The minimum Gasteiger partial charge on any atom is -0.302 e. The van der Waals surface area contributed by atoms with Crippen LogP contribution in [0.3, 0.4) is 0 Å². The predicted octanol–water partition coefficient (Wildman–Crippen LogP) is 1.07.